The van der Waals surface area contributed by atoms with Crippen LogP contribution in [0, 0.1) is 23.6 Å². The number of urea groups is 1. The second-order valence-corrected chi connectivity index (χ2v) is 11.4. The van der Waals surface area contributed by atoms with Crippen molar-refractivity contribution >= 4 is 57.1 Å². The first-order valence-corrected chi connectivity index (χ1v) is 14.0. The van der Waals surface area contributed by atoms with Crippen LogP contribution in [0.1, 0.15) is 19.7 Å². The van der Waals surface area contributed by atoms with Gasteiger partial charge >= 0.3 is 6.03 Å². The Labute approximate surface area is 243 Å². The third kappa shape index (κ3) is 6.59. The van der Waals surface area contributed by atoms with Gasteiger partial charge in [0.05, 0.1) is 18.4 Å². The molecule has 0 aliphatic carbocycles. The highest BCUT2D eigenvalue weighted by atomic mass is 32.1. The summed E-state index contributed by atoms with van der Waals surface area (Å²) in [7, 11) is 0. The number of hydrogen-bond acceptors (Lipinski definition) is 9. The molecule has 4 heterocycles. The summed E-state index contributed by atoms with van der Waals surface area (Å²) in [5.74, 6) is 2.92. The van der Waals surface area contributed by atoms with Crippen LogP contribution in [0.2, 0.25) is 0 Å². The van der Waals surface area contributed by atoms with Crippen LogP contribution in [0.25, 0.3) is 0 Å². The van der Waals surface area contributed by atoms with Crippen molar-refractivity contribution in [2.24, 2.45) is 10.4 Å². The van der Waals surface area contributed by atoms with Gasteiger partial charge in [-0.15, -0.1) is 11.5 Å². The van der Waals surface area contributed by atoms with E-state index >= 15 is 0 Å². The number of rotatable bonds is 4. The normalized spacial score (nSPS) is 15.1. The summed E-state index contributed by atoms with van der Waals surface area (Å²) in [5.41, 5.74) is 1.42. The highest BCUT2D eigenvalue weighted by molar-refractivity contribution is 7.10. The highest BCUT2D eigenvalue weighted by Gasteiger charge is 2.31. The van der Waals surface area contributed by atoms with Gasteiger partial charge in [0.15, 0.2) is 12.4 Å². The van der Waals surface area contributed by atoms with Gasteiger partial charge in [0.2, 0.25) is 4.80 Å². The molecular weight excluding hydrogens is 567 g/mol. The van der Waals surface area contributed by atoms with Gasteiger partial charge in [0.1, 0.15) is 22.3 Å². The average molecular weight is 593 g/mol. The topological polar surface area (TPSA) is 127 Å². The van der Waals surface area contributed by atoms with E-state index in [4.69, 9.17) is 11.2 Å². The first-order valence-electron chi connectivity index (χ1n) is 12.4. The van der Waals surface area contributed by atoms with Crippen LogP contribution in [-0.2, 0) is 17.8 Å². The van der Waals surface area contributed by atoms with Crippen molar-refractivity contribution in [1.82, 2.24) is 18.5 Å². The zero-order valence-corrected chi connectivity index (χ0v) is 23.8. The van der Waals surface area contributed by atoms with Gasteiger partial charge in [0, 0.05) is 47.8 Å². The molecule has 2 aromatic carbocycles. The van der Waals surface area contributed by atoms with E-state index in [1.807, 2.05) is 34.9 Å². The number of fused-ring (bicyclic) bond motifs is 2. The first kappa shape index (κ1) is 27.9. The molecule has 3 amide bonds. The Bertz CT molecular complexity index is 1680. The quantitative estimate of drug-likeness (QED) is 0.338. The minimum atomic E-state index is -0.515. The third-order valence-electron chi connectivity index (χ3n) is 6.06. The summed E-state index contributed by atoms with van der Waals surface area (Å²) in [5, 5.41) is 9.52. The number of hydrogen-bond donors (Lipinski definition) is 2. The molecule has 2 aliphatic heterocycles. The van der Waals surface area contributed by atoms with Crippen LogP contribution in [-0.4, -0.2) is 43.6 Å². The lowest BCUT2D eigenvalue weighted by atomic mass is 9.92. The molecule has 0 unspecified atom stereocenters. The number of nitrogens with zero attached hydrogens (tertiary/aromatic N) is 6. The number of aromatic nitrogens is 4. The van der Waals surface area contributed by atoms with E-state index in [9.17, 15) is 14.0 Å². The zero-order valence-electron chi connectivity index (χ0n) is 22.1. The fraction of sp³-hybridized carbons (Fsp3) is 0.259. The van der Waals surface area contributed by atoms with Gasteiger partial charge in [-0.2, -0.15) is 4.37 Å². The Morgan fingerprint density at radius 2 is 2.05 bits per heavy atom. The minimum Gasteiger partial charge on any atom is -0.481 e. The molecule has 0 bridgehead atoms. The fourth-order valence-corrected chi connectivity index (χ4v) is 5.44. The summed E-state index contributed by atoms with van der Waals surface area (Å²) in [6.07, 6.45) is 7.71. The summed E-state index contributed by atoms with van der Waals surface area (Å²) >= 11 is 2.37. The molecule has 0 spiro atoms. The van der Waals surface area contributed by atoms with Crippen LogP contribution < -0.4 is 25.1 Å². The smallest absolute Gasteiger partial charge is 0.324 e. The average Bonchev–Trinajstić information content (AvgIpc) is 3.65. The number of amides is 3. The molecule has 6 rings (SSSR count). The van der Waals surface area contributed by atoms with E-state index in [0.29, 0.717) is 21.2 Å². The molecule has 41 heavy (non-hydrogen) atoms. The Morgan fingerprint density at radius 3 is 2.78 bits per heavy atom. The number of anilines is 3. The van der Waals surface area contributed by atoms with Gasteiger partial charge in [-0.05, 0) is 23.6 Å². The number of para-hydroxylation sites is 1. The fourth-order valence-electron chi connectivity index (χ4n) is 4.26. The van der Waals surface area contributed by atoms with Gasteiger partial charge in [-0.25, -0.2) is 14.2 Å². The minimum absolute atomic E-state index is 0.0964. The molecule has 0 fully saturated rings. The van der Waals surface area contributed by atoms with E-state index in [2.05, 4.69) is 49.4 Å². The van der Waals surface area contributed by atoms with Crippen LogP contribution >= 0.6 is 23.1 Å². The van der Waals surface area contributed by atoms with Gasteiger partial charge in [-0.1, -0.05) is 42.5 Å². The van der Waals surface area contributed by atoms with Gasteiger partial charge in [0.25, 0.3) is 5.91 Å². The summed E-state index contributed by atoms with van der Waals surface area (Å²) in [4.78, 5) is 30.0. The second kappa shape index (κ2) is 11.9. The Morgan fingerprint density at radius 1 is 1.24 bits per heavy atom. The van der Waals surface area contributed by atoms with Crippen molar-refractivity contribution in [3.63, 3.8) is 0 Å². The molecular formula is C27H25FN8O3S2. The van der Waals surface area contributed by atoms with E-state index < -0.39 is 5.82 Å². The highest BCUT2D eigenvalue weighted by Crippen LogP contribution is 2.37. The molecule has 0 saturated carbocycles. The number of halogens is 1. The monoisotopic (exact) mass is 592 g/mol. The van der Waals surface area contributed by atoms with Crippen molar-refractivity contribution in [2.45, 2.75) is 26.8 Å². The Kier molecular flexibility index (Phi) is 8.09. The summed E-state index contributed by atoms with van der Waals surface area (Å²) < 4.78 is 30.0. The van der Waals surface area contributed by atoms with Gasteiger partial charge in [-0.3, -0.25) is 15.0 Å². The predicted octanol–water partition coefficient (Wildman–Crippen LogP) is 4.44. The Balaban J connectivity index is 0.000000191. The van der Waals surface area contributed by atoms with Crippen molar-refractivity contribution < 1.29 is 18.7 Å². The molecule has 2 aliphatic rings. The maximum absolute atomic E-state index is 14.5. The molecule has 0 atom stereocenters. The number of carbonyl (C=O) groups is 2. The first-order chi connectivity index (χ1) is 19.7. The maximum Gasteiger partial charge on any atom is 0.324 e. The number of terminal acetylenes is 1. The van der Waals surface area contributed by atoms with E-state index in [-0.39, 0.29) is 36.2 Å². The van der Waals surface area contributed by atoms with E-state index in [1.54, 1.807) is 0 Å². The predicted molar refractivity (Wildman–Crippen MR) is 155 cm³/mol. The molecule has 11 nitrogen and oxygen atoms in total. The van der Waals surface area contributed by atoms with E-state index in [0.717, 1.165) is 36.0 Å². The number of benzene rings is 2. The molecule has 210 valence electrons. The largest absolute Gasteiger partial charge is 0.481 e. The van der Waals surface area contributed by atoms with Crippen LogP contribution in [0.4, 0.5) is 31.2 Å². The third-order valence-corrected chi connectivity index (χ3v) is 7.42. The van der Waals surface area contributed by atoms with Gasteiger partial charge < -0.3 is 14.6 Å². The SMILES string of the molecule is C#CCN1C(=O)COc2cc(F)c(N=c3snc4n3CC(C)(C)C4)cc21.O=C(Nc1ccccc1)Nc1cnns1. The molecule has 0 saturated heterocycles. The zero-order chi connectivity index (χ0) is 29.0. The van der Waals surface area contributed by atoms with Crippen LogP contribution in [0.15, 0.2) is 53.7 Å². The second-order valence-electron chi connectivity index (χ2n) is 9.89. The lowest BCUT2D eigenvalue weighted by Crippen LogP contribution is -2.39. The molecule has 2 aromatic heterocycles. The molecule has 4 aromatic rings. The molecule has 2 N–H and O–H groups in total. The van der Waals surface area contributed by atoms with Crippen molar-refractivity contribution in [1.29, 1.82) is 0 Å². The maximum atomic E-state index is 14.5. The van der Waals surface area contributed by atoms with Crippen molar-refractivity contribution in [3.05, 3.63) is 65.1 Å². The molecule has 14 heteroatoms. The van der Waals surface area contributed by atoms with Crippen molar-refractivity contribution in [2.75, 3.05) is 28.7 Å². The number of carbonyl (C=O) groups excluding carboxylic acids is 2. The van der Waals surface area contributed by atoms with Crippen LogP contribution in [0.5, 0.6) is 5.75 Å². The molecule has 0 radical (unpaired) electrons. The summed E-state index contributed by atoms with van der Waals surface area (Å²) in [6, 6.07) is 11.7. The lowest BCUT2D eigenvalue weighted by Gasteiger charge is -2.28. The number of ether oxygens (including phenoxy) is 1. The summed E-state index contributed by atoms with van der Waals surface area (Å²) in [6.45, 7) is 5.05. The standard InChI is InChI=1S/C18H17FN4O2S.C9H8N4OS/c1-4-5-22-13-7-12(11(19)6-14(13)25-9-16(22)24)20-17-23-10-18(2,3)8-15(23)21-26-17;14-9(12-8-6-10-13-15-8)11-7-4-2-1-3-5-7/h1,6-7H,5,8-10H2,2-3H3;1-6H,(H2,11,12,14). The van der Waals surface area contributed by atoms with Crippen molar-refractivity contribution in [3.8, 4) is 18.1 Å². The number of nitrogens with one attached hydrogen (secondary N) is 2. The Hall–Kier alpha value is -4.61. The van der Waals surface area contributed by atoms with E-state index in [1.165, 1.54) is 34.8 Å². The lowest BCUT2D eigenvalue weighted by molar-refractivity contribution is -0.121. The van der Waals surface area contributed by atoms with Crippen LogP contribution in [0.3, 0.4) is 0 Å².